The van der Waals surface area contributed by atoms with Crippen molar-refractivity contribution >= 4 is 5.91 Å². The van der Waals surface area contributed by atoms with Crippen LogP contribution < -0.4 is 14.8 Å². The van der Waals surface area contributed by atoms with E-state index in [0.29, 0.717) is 21.7 Å². The van der Waals surface area contributed by atoms with Crippen molar-refractivity contribution in [2.24, 2.45) is 0 Å². The van der Waals surface area contributed by atoms with Crippen LogP contribution in [0.1, 0.15) is 35.6 Å². The van der Waals surface area contributed by atoms with E-state index in [9.17, 15) is 13.6 Å². The van der Waals surface area contributed by atoms with Gasteiger partial charge in [0.2, 0.25) is 0 Å². The minimum atomic E-state index is -2.78. The molecule has 1 unspecified atom stereocenters. The standard InChI is InChI=1S/C15H17F2N3O3/c1-9(11-8-10(22-2)4-5-13(11)23-3)18-14(21)12-6-7-20(19-12)15(16)17/h4-9,15H,1-3H3,(H,18,21). The first-order valence-corrected chi connectivity index (χ1v) is 6.82. The number of hydrogen-bond acceptors (Lipinski definition) is 4. The number of nitrogens with zero attached hydrogens (tertiary/aromatic N) is 2. The molecule has 1 amide bonds. The van der Waals surface area contributed by atoms with Gasteiger partial charge in [-0.2, -0.15) is 13.9 Å². The average molecular weight is 325 g/mol. The number of alkyl halides is 2. The summed E-state index contributed by atoms with van der Waals surface area (Å²) >= 11 is 0. The lowest BCUT2D eigenvalue weighted by Gasteiger charge is -2.17. The van der Waals surface area contributed by atoms with Crippen molar-refractivity contribution < 1.29 is 23.0 Å². The third-order valence-electron chi connectivity index (χ3n) is 3.29. The van der Waals surface area contributed by atoms with Crippen molar-refractivity contribution in [1.29, 1.82) is 0 Å². The molecule has 1 aromatic heterocycles. The number of halogens is 2. The number of benzene rings is 1. The molecule has 0 aliphatic rings. The van der Waals surface area contributed by atoms with Gasteiger partial charge in [-0.15, -0.1) is 0 Å². The van der Waals surface area contributed by atoms with E-state index in [1.54, 1.807) is 25.1 Å². The summed E-state index contributed by atoms with van der Waals surface area (Å²) in [4.78, 5) is 12.1. The third kappa shape index (κ3) is 3.77. The van der Waals surface area contributed by atoms with Crippen LogP contribution in [0, 0.1) is 0 Å². The predicted molar refractivity (Wildman–Crippen MR) is 78.9 cm³/mol. The van der Waals surface area contributed by atoms with E-state index in [1.807, 2.05) is 0 Å². The van der Waals surface area contributed by atoms with Gasteiger partial charge in [-0.1, -0.05) is 0 Å². The predicted octanol–water partition coefficient (Wildman–Crippen LogP) is 2.79. The zero-order valence-corrected chi connectivity index (χ0v) is 12.9. The molecule has 2 rings (SSSR count). The van der Waals surface area contributed by atoms with Gasteiger partial charge in [-0.25, -0.2) is 4.68 Å². The average Bonchev–Trinajstić information content (AvgIpc) is 3.04. The Bertz CT molecular complexity index is 688. The molecule has 6 nitrogen and oxygen atoms in total. The smallest absolute Gasteiger partial charge is 0.333 e. The molecule has 23 heavy (non-hydrogen) atoms. The lowest BCUT2D eigenvalue weighted by Crippen LogP contribution is -2.27. The molecule has 0 spiro atoms. The van der Waals surface area contributed by atoms with E-state index in [2.05, 4.69) is 10.4 Å². The van der Waals surface area contributed by atoms with Crippen LogP contribution in [0.2, 0.25) is 0 Å². The van der Waals surface area contributed by atoms with Crippen LogP contribution in [0.4, 0.5) is 8.78 Å². The van der Waals surface area contributed by atoms with Crippen LogP contribution in [0.3, 0.4) is 0 Å². The highest BCUT2D eigenvalue weighted by Crippen LogP contribution is 2.29. The second-order valence-electron chi connectivity index (χ2n) is 4.76. The van der Waals surface area contributed by atoms with Crippen molar-refractivity contribution in [3.05, 3.63) is 41.7 Å². The molecule has 2 aromatic rings. The zero-order chi connectivity index (χ0) is 17.0. The van der Waals surface area contributed by atoms with Crippen molar-refractivity contribution in [3.63, 3.8) is 0 Å². The Balaban J connectivity index is 2.17. The minimum Gasteiger partial charge on any atom is -0.497 e. The van der Waals surface area contributed by atoms with E-state index in [1.165, 1.54) is 20.3 Å². The molecule has 0 aliphatic carbocycles. The van der Waals surface area contributed by atoms with Gasteiger partial charge in [0.05, 0.1) is 20.3 Å². The Labute approximate surface area is 132 Å². The molecular formula is C15H17F2N3O3. The Morgan fingerprint density at radius 2 is 2.00 bits per heavy atom. The number of nitrogens with one attached hydrogen (secondary N) is 1. The molecular weight excluding hydrogens is 308 g/mol. The number of carbonyl (C=O) groups is 1. The van der Waals surface area contributed by atoms with Gasteiger partial charge in [0.1, 0.15) is 17.2 Å². The fourth-order valence-corrected chi connectivity index (χ4v) is 2.09. The highest BCUT2D eigenvalue weighted by Gasteiger charge is 2.18. The SMILES string of the molecule is COc1ccc(OC)c(C(C)NC(=O)c2ccn(C(F)F)n2)c1. The van der Waals surface area contributed by atoms with E-state index < -0.39 is 18.5 Å². The quantitative estimate of drug-likeness (QED) is 0.887. The molecule has 1 N–H and O–H groups in total. The number of rotatable bonds is 6. The largest absolute Gasteiger partial charge is 0.497 e. The van der Waals surface area contributed by atoms with Crippen LogP contribution in [-0.4, -0.2) is 29.9 Å². The fraction of sp³-hybridized carbons (Fsp3) is 0.333. The molecule has 1 heterocycles. The van der Waals surface area contributed by atoms with Gasteiger partial charge >= 0.3 is 6.55 Å². The van der Waals surface area contributed by atoms with Crippen LogP contribution in [0.15, 0.2) is 30.5 Å². The first-order valence-electron chi connectivity index (χ1n) is 6.82. The number of ether oxygens (including phenoxy) is 2. The van der Waals surface area contributed by atoms with Crippen molar-refractivity contribution in [1.82, 2.24) is 15.1 Å². The summed E-state index contributed by atoms with van der Waals surface area (Å²) in [7, 11) is 3.05. The van der Waals surface area contributed by atoms with Gasteiger partial charge in [0.25, 0.3) is 5.91 Å². The summed E-state index contributed by atoms with van der Waals surface area (Å²) in [6.07, 6.45) is 1.05. The number of hydrogen-bond donors (Lipinski definition) is 1. The number of amides is 1. The van der Waals surface area contributed by atoms with Gasteiger partial charge in [-0.3, -0.25) is 4.79 Å². The molecule has 0 saturated carbocycles. The van der Waals surface area contributed by atoms with Crippen molar-refractivity contribution in [3.8, 4) is 11.5 Å². The first-order chi connectivity index (χ1) is 11.0. The van der Waals surface area contributed by atoms with E-state index in [-0.39, 0.29) is 5.69 Å². The normalized spacial score (nSPS) is 12.1. The molecule has 124 valence electrons. The Hall–Kier alpha value is -2.64. The van der Waals surface area contributed by atoms with Gasteiger partial charge in [0.15, 0.2) is 0 Å². The highest BCUT2D eigenvalue weighted by atomic mass is 19.3. The lowest BCUT2D eigenvalue weighted by molar-refractivity contribution is 0.0559. The Morgan fingerprint density at radius 1 is 1.26 bits per heavy atom. The van der Waals surface area contributed by atoms with Crippen LogP contribution >= 0.6 is 0 Å². The molecule has 0 aliphatic heterocycles. The van der Waals surface area contributed by atoms with Gasteiger partial charge in [0, 0.05) is 11.8 Å². The second-order valence-corrected chi connectivity index (χ2v) is 4.76. The number of aromatic nitrogens is 2. The van der Waals surface area contributed by atoms with Gasteiger partial charge in [-0.05, 0) is 31.2 Å². The van der Waals surface area contributed by atoms with Crippen LogP contribution in [0.5, 0.6) is 11.5 Å². The molecule has 0 saturated heterocycles. The van der Waals surface area contributed by atoms with Crippen molar-refractivity contribution in [2.75, 3.05) is 14.2 Å². The molecule has 0 radical (unpaired) electrons. The Kier molecular flexibility index (Phi) is 5.15. The van der Waals surface area contributed by atoms with Gasteiger partial charge < -0.3 is 14.8 Å². The molecule has 1 atom stereocenters. The fourth-order valence-electron chi connectivity index (χ4n) is 2.09. The summed E-state index contributed by atoms with van der Waals surface area (Å²) in [5.74, 6) is 0.641. The molecule has 0 fully saturated rings. The highest BCUT2D eigenvalue weighted by molar-refractivity contribution is 5.92. The maximum Gasteiger partial charge on any atom is 0.333 e. The van der Waals surface area contributed by atoms with E-state index in [4.69, 9.17) is 9.47 Å². The first kappa shape index (κ1) is 16.7. The molecule has 1 aromatic carbocycles. The summed E-state index contributed by atoms with van der Waals surface area (Å²) in [5, 5.41) is 6.23. The maximum atomic E-state index is 12.5. The van der Waals surface area contributed by atoms with Crippen molar-refractivity contribution in [2.45, 2.75) is 19.5 Å². The molecule has 8 heteroatoms. The molecule has 0 bridgehead atoms. The summed E-state index contributed by atoms with van der Waals surface area (Å²) in [6.45, 7) is -1.04. The zero-order valence-electron chi connectivity index (χ0n) is 12.9. The Morgan fingerprint density at radius 3 is 2.57 bits per heavy atom. The number of carbonyl (C=O) groups excluding carboxylic acids is 1. The van der Waals surface area contributed by atoms with E-state index in [0.717, 1.165) is 6.20 Å². The maximum absolute atomic E-state index is 12.5. The summed E-state index contributed by atoms with van der Waals surface area (Å²) in [5.41, 5.74) is 0.618. The number of methoxy groups -OCH3 is 2. The van der Waals surface area contributed by atoms with E-state index >= 15 is 0 Å². The van der Waals surface area contributed by atoms with Crippen LogP contribution in [0.25, 0.3) is 0 Å². The third-order valence-corrected chi connectivity index (χ3v) is 3.29. The second kappa shape index (κ2) is 7.08. The summed E-state index contributed by atoms with van der Waals surface area (Å²) in [6, 6.07) is 6.01. The topological polar surface area (TPSA) is 65.4 Å². The minimum absolute atomic E-state index is 0.0842. The monoisotopic (exact) mass is 325 g/mol. The van der Waals surface area contributed by atoms with Crippen LogP contribution in [-0.2, 0) is 0 Å². The lowest BCUT2D eigenvalue weighted by atomic mass is 10.1. The summed E-state index contributed by atoms with van der Waals surface area (Å²) < 4.78 is 35.8.